The lowest BCUT2D eigenvalue weighted by Crippen LogP contribution is -2.35. The summed E-state index contributed by atoms with van der Waals surface area (Å²) in [6.45, 7) is 6.79. The fourth-order valence-corrected chi connectivity index (χ4v) is 3.64. The highest BCUT2D eigenvalue weighted by Gasteiger charge is 2.28. The molecule has 0 fully saturated rings. The van der Waals surface area contributed by atoms with Crippen LogP contribution in [0.1, 0.15) is 39.2 Å². The molecule has 1 aliphatic heterocycles. The molecule has 1 atom stereocenters. The minimum Gasteiger partial charge on any atom is -0.340 e. The number of benzene rings is 2. The Kier molecular flexibility index (Phi) is 4.66. The Bertz CT molecular complexity index is 710. The highest BCUT2D eigenvalue weighted by atomic mass is 15.2. The van der Waals surface area contributed by atoms with Gasteiger partial charge in [-0.15, -0.1) is 0 Å². The van der Waals surface area contributed by atoms with Gasteiger partial charge in [0.15, 0.2) is 0 Å². The average Bonchev–Trinajstić information content (AvgIpc) is 2.62. The molecule has 1 heteroatoms. The van der Waals surface area contributed by atoms with Crippen molar-refractivity contribution in [3.8, 4) is 0 Å². The van der Waals surface area contributed by atoms with Gasteiger partial charge in [0.1, 0.15) is 0 Å². The van der Waals surface area contributed by atoms with Crippen LogP contribution in [0.5, 0.6) is 0 Å². The van der Waals surface area contributed by atoms with Gasteiger partial charge in [0.25, 0.3) is 0 Å². The maximum Gasteiger partial charge on any atom is 0.0591 e. The van der Waals surface area contributed by atoms with Gasteiger partial charge in [0.05, 0.1) is 6.04 Å². The molecule has 2 aromatic rings. The van der Waals surface area contributed by atoms with E-state index in [1.165, 1.54) is 28.0 Å². The number of hydrogen-bond donors (Lipinski definition) is 0. The summed E-state index contributed by atoms with van der Waals surface area (Å²) in [4.78, 5) is 2.44. The third-order valence-corrected chi connectivity index (χ3v) is 4.68. The zero-order valence-electron chi connectivity index (χ0n) is 14.3. The van der Waals surface area contributed by atoms with Crippen LogP contribution in [0.3, 0.4) is 0 Å². The van der Waals surface area contributed by atoms with E-state index in [0.29, 0.717) is 6.04 Å². The van der Waals surface area contributed by atoms with Crippen LogP contribution in [0.15, 0.2) is 78.0 Å². The van der Waals surface area contributed by atoms with E-state index >= 15 is 0 Å². The molecule has 0 aromatic heterocycles. The largest absolute Gasteiger partial charge is 0.340 e. The van der Waals surface area contributed by atoms with Crippen molar-refractivity contribution in [2.45, 2.75) is 39.7 Å². The normalized spacial score (nSPS) is 18.1. The quantitative estimate of drug-likeness (QED) is 0.664. The van der Waals surface area contributed by atoms with Gasteiger partial charge < -0.3 is 4.90 Å². The summed E-state index contributed by atoms with van der Waals surface area (Å²) in [5.41, 5.74) is 6.97. The highest BCUT2D eigenvalue weighted by molar-refractivity contribution is 5.81. The van der Waals surface area contributed by atoms with Gasteiger partial charge in [-0.2, -0.15) is 0 Å². The number of rotatable bonds is 4. The Balaban J connectivity index is 2.14. The van der Waals surface area contributed by atoms with Gasteiger partial charge in [-0.25, -0.2) is 0 Å². The second-order valence-electron chi connectivity index (χ2n) is 6.09. The number of anilines is 1. The van der Waals surface area contributed by atoms with E-state index in [-0.39, 0.29) is 0 Å². The molecule has 0 saturated carbocycles. The summed E-state index contributed by atoms with van der Waals surface area (Å²) in [5, 5.41) is 0. The molecule has 2 aromatic carbocycles. The summed E-state index contributed by atoms with van der Waals surface area (Å²) in [5.74, 6) is 0. The molecular formula is C22H25N. The summed E-state index contributed by atoms with van der Waals surface area (Å²) in [6, 6.07) is 22.0. The van der Waals surface area contributed by atoms with Crippen LogP contribution in [-0.4, -0.2) is 6.04 Å². The zero-order chi connectivity index (χ0) is 16.2. The van der Waals surface area contributed by atoms with E-state index < -0.39 is 0 Å². The van der Waals surface area contributed by atoms with Crippen LogP contribution in [0, 0.1) is 0 Å². The maximum atomic E-state index is 2.44. The summed E-state index contributed by atoms with van der Waals surface area (Å²) in [7, 11) is 0. The lowest BCUT2D eigenvalue weighted by molar-refractivity contribution is 0.739. The standard InChI is InChI=1S/C22H25N/c1-4-20-17(3)16-23(19-14-10-7-11-15-19)21(5-2)22(20)18-12-8-6-9-13-18/h6-16,21H,4-5H2,1-3H3. The van der Waals surface area contributed by atoms with Crippen molar-refractivity contribution in [1.29, 1.82) is 0 Å². The summed E-state index contributed by atoms with van der Waals surface area (Å²) in [6.07, 6.45) is 4.49. The van der Waals surface area contributed by atoms with Crippen LogP contribution < -0.4 is 4.90 Å². The van der Waals surface area contributed by atoms with E-state index in [1.54, 1.807) is 0 Å². The first-order valence-corrected chi connectivity index (χ1v) is 8.56. The minimum atomic E-state index is 0.387. The number of hydrogen-bond acceptors (Lipinski definition) is 1. The molecule has 1 unspecified atom stereocenters. The molecule has 0 saturated heterocycles. The van der Waals surface area contributed by atoms with Crippen LogP contribution in [0.2, 0.25) is 0 Å². The summed E-state index contributed by atoms with van der Waals surface area (Å²) >= 11 is 0. The molecule has 0 N–H and O–H groups in total. The van der Waals surface area contributed by atoms with E-state index in [0.717, 1.165) is 12.8 Å². The molecule has 118 valence electrons. The number of para-hydroxylation sites is 1. The first-order chi connectivity index (χ1) is 11.3. The fraction of sp³-hybridized carbons (Fsp3) is 0.273. The van der Waals surface area contributed by atoms with Crippen molar-refractivity contribution in [2.24, 2.45) is 0 Å². The molecule has 1 heterocycles. The molecule has 0 bridgehead atoms. The highest BCUT2D eigenvalue weighted by Crippen LogP contribution is 2.39. The molecule has 0 amide bonds. The van der Waals surface area contributed by atoms with Crippen LogP contribution in [-0.2, 0) is 0 Å². The first kappa shape index (κ1) is 15.6. The van der Waals surface area contributed by atoms with Gasteiger partial charge in [-0.1, -0.05) is 62.4 Å². The van der Waals surface area contributed by atoms with Crippen molar-refractivity contribution in [3.63, 3.8) is 0 Å². The summed E-state index contributed by atoms with van der Waals surface area (Å²) < 4.78 is 0. The SMILES string of the molecule is CCC1=C(c2ccccc2)C(CC)N(c2ccccc2)C=C1C. The molecule has 3 rings (SSSR count). The van der Waals surface area contributed by atoms with Crippen molar-refractivity contribution in [3.05, 3.63) is 83.6 Å². The average molecular weight is 303 g/mol. The Morgan fingerprint density at radius 3 is 2.04 bits per heavy atom. The Morgan fingerprint density at radius 1 is 0.870 bits per heavy atom. The molecule has 0 spiro atoms. The van der Waals surface area contributed by atoms with Crippen LogP contribution in [0.25, 0.3) is 5.57 Å². The van der Waals surface area contributed by atoms with Crippen molar-refractivity contribution in [1.82, 2.24) is 0 Å². The first-order valence-electron chi connectivity index (χ1n) is 8.56. The van der Waals surface area contributed by atoms with Gasteiger partial charge in [0, 0.05) is 11.9 Å². The second-order valence-corrected chi connectivity index (χ2v) is 6.09. The zero-order valence-corrected chi connectivity index (χ0v) is 14.3. The van der Waals surface area contributed by atoms with Crippen molar-refractivity contribution in [2.75, 3.05) is 4.90 Å². The predicted octanol–water partition coefficient (Wildman–Crippen LogP) is 6.05. The third-order valence-electron chi connectivity index (χ3n) is 4.68. The number of nitrogens with zero attached hydrogens (tertiary/aromatic N) is 1. The van der Waals surface area contributed by atoms with Gasteiger partial charge in [-0.3, -0.25) is 0 Å². The Hall–Kier alpha value is -2.28. The molecule has 1 aliphatic rings. The number of allylic oxidation sites excluding steroid dienone is 2. The lowest BCUT2D eigenvalue weighted by Gasteiger charge is -2.38. The predicted molar refractivity (Wildman–Crippen MR) is 100 cm³/mol. The van der Waals surface area contributed by atoms with Gasteiger partial charge in [-0.05, 0) is 54.2 Å². The van der Waals surface area contributed by atoms with Gasteiger partial charge >= 0.3 is 0 Å². The molecule has 1 nitrogen and oxygen atoms in total. The molecular weight excluding hydrogens is 278 g/mol. The maximum absolute atomic E-state index is 2.44. The van der Waals surface area contributed by atoms with Gasteiger partial charge in [0.2, 0.25) is 0 Å². The third kappa shape index (κ3) is 2.96. The monoisotopic (exact) mass is 303 g/mol. The van der Waals surface area contributed by atoms with Crippen LogP contribution in [0.4, 0.5) is 5.69 Å². The van der Waals surface area contributed by atoms with Crippen molar-refractivity contribution < 1.29 is 0 Å². The van der Waals surface area contributed by atoms with E-state index in [2.05, 4.69) is 92.5 Å². The molecule has 0 aliphatic carbocycles. The Morgan fingerprint density at radius 2 is 1.48 bits per heavy atom. The lowest BCUT2D eigenvalue weighted by atomic mass is 9.84. The minimum absolute atomic E-state index is 0.387. The topological polar surface area (TPSA) is 3.24 Å². The molecule has 0 radical (unpaired) electrons. The fourth-order valence-electron chi connectivity index (χ4n) is 3.64. The second kappa shape index (κ2) is 6.87. The molecule has 23 heavy (non-hydrogen) atoms. The smallest absolute Gasteiger partial charge is 0.0591 e. The van der Waals surface area contributed by atoms with Crippen molar-refractivity contribution >= 4 is 11.3 Å². The Labute approximate surface area is 140 Å². The van der Waals surface area contributed by atoms with E-state index in [9.17, 15) is 0 Å². The van der Waals surface area contributed by atoms with E-state index in [4.69, 9.17) is 0 Å². The van der Waals surface area contributed by atoms with E-state index in [1.807, 2.05) is 0 Å². The van der Waals surface area contributed by atoms with Crippen LogP contribution >= 0.6 is 0 Å².